The van der Waals surface area contributed by atoms with Gasteiger partial charge in [-0.2, -0.15) is 0 Å². The molecule has 0 spiro atoms. The van der Waals surface area contributed by atoms with Crippen LogP contribution in [0.2, 0.25) is 5.02 Å². The molecule has 0 saturated carbocycles. The van der Waals surface area contributed by atoms with Gasteiger partial charge in [0.25, 0.3) is 0 Å². The molecule has 1 aliphatic heterocycles. The summed E-state index contributed by atoms with van der Waals surface area (Å²) in [6.45, 7) is 2.26. The molecule has 19 heavy (non-hydrogen) atoms. The molecule has 1 aromatic carbocycles. The number of nitrogens with one attached hydrogen (secondary N) is 1. The lowest BCUT2D eigenvalue weighted by atomic mass is 10.1. The van der Waals surface area contributed by atoms with Crippen molar-refractivity contribution >= 4 is 28.2 Å². The van der Waals surface area contributed by atoms with Crippen molar-refractivity contribution in [1.82, 2.24) is 9.88 Å². The van der Waals surface area contributed by atoms with Gasteiger partial charge in [0.2, 0.25) is 0 Å². The molecule has 3 nitrogen and oxygen atoms in total. The Hall–Kier alpha value is -1.32. The van der Waals surface area contributed by atoms with Gasteiger partial charge in [0.05, 0.1) is 11.2 Å². The molecule has 4 heteroatoms. The van der Waals surface area contributed by atoms with E-state index >= 15 is 0 Å². The minimum Gasteiger partial charge on any atom is -0.379 e. The molecular weight excluding hydrogens is 258 g/mol. The first kappa shape index (κ1) is 12.7. The van der Waals surface area contributed by atoms with Crippen LogP contribution in [-0.2, 0) is 0 Å². The number of nitrogens with zero attached hydrogens (tertiary/aromatic N) is 2. The number of pyridine rings is 1. The predicted octanol–water partition coefficient (Wildman–Crippen LogP) is 3.39. The second-order valence-corrected chi connectivity index (χ2v) is 5.71. The lowest BCUT2D eigenvalue weighted by Crippen LogP contribution is -2.39. The van der Waals surface area contributed by atoms with Crippen LogP contribution in [-0.4, -0.2) is 36.1 Å². The van der Waals surface area contributed by atoms with E-state index in [4.69, 9.17) is 11.6 Å². The Bertz CT molecular complexity index is 585. The van der Waals surface area contributed by atoms with E-state index in [1.165, 1.54) is 19.4 Å². The van der Waals surface area contributed by atoms with Crippen molar-refractivity contribution in [2.45, 2.75) is 18.9 Å². The van der Waals surface area contributed by atoms with E-state index in [9.17, 15) is 0 Å². The smallest absolute Gasteiger partial charge is 0.0934 e. The van der Waals surface area contributed by atoms with Gasteiger partial charge in [0.1, 0.15) is 0 Å². The van der Waals surface area contributed by atoms with E-state index in [2.05, 4.69) is 22.2 Å². The first-order valence-corrected chi connectivity index (χ1v) is 7.09. The number of halogens is 1. The Morgan fingerprint density at radius 1 is 1.42 bits per heavy atom. The summed E-state index contributed by atoms with van der Waals surface area (Å²) >= 11 is 6.19. The van der Waals surface area contributed by atoms with E-state index < -0.39 is 0 Å². The van der Waals surface area contributed by atoms with Crippen molar-refractivity contribution in [2.24, 2.45) is 0 Å². The van der Waals surface area contributed by atoms with Crippen molar-refractivity contribution in [2.75, 3.05) is 25.5 Å². The van der Waals surface area contributed by atoms with Crippen molar-refractivity contribution in [3.05, 3.63) is 35.5 Å². The third-order valence-electron chi connectivity index (χ3n) is 3.65. The summed E-state index contributed by atoms with van der Waals surface area (Å²) in [4.78, 5) is 6.83. The summed E-state index contributed by atoms with van der Waals surface area (Å²) in [5.41, 5.74) is 2.04. The van der Waals surface area contributed by atoms with E-state index in [0.717, 1.165) is 28.2 Å². The summed E-state index contributed by atoms with van der Waals surface area (Å²) in [7, 11) is 2.17. The summed E-state index contributed by atoms with van der Waals surface area (Å²) in [5, 5.41) is 5.45. The van der Waals surface area contributed by atoms with Gasteiger partial charge in [-0.15, -0.1) is 0 Å². The number of hydrogen-bond acceptors (Lipinski definition) is 3. The quantitative estimate of drug-likeness (QED) is 0.911. The molecule has 0 aliphatic carbocycles. The number of aromatic nitrogens is 1. The van der Waals surface area contributed by atoms with Gasteiger partial charge in [-0.1, -0.05) is 17.7 Å². The third kappa shape index (κ3) is 2.82. The van der Waals surface area contributed by atoms with Gasteiger partial charge < -0.3 is 10.2 Å². The molecule has 3 rings (SSSR count). The molecule has 1 aromatic heterocycles. The Kier molecular flexibility index (Phi) is 3.58. The zero-order chi connectivity index (χ0) is 13.2. The lowest BCUT2D eigenvalue weighted by Gasteiger charge is -2.31. The molecule has 1 atom stereocenters. The molecule has 0 radical (unpaired) electrons. The highest BCUT2D eigenvalue weighted by molar-refractivity contribution is 6.31. The number of likely N-dealkylation sites (N-methyl/N-ethyl adjacent to an activating group) is 1. The maximum absolute atomic E-state index is 6.19. The lowest BCUT2D eigenvalue weighted by molar-refractivity contribution is 0.261. The molecule has 1 N–H and O–H groups in total. The van der Waals surface area contributed by atoms with Gasteiger partial charge in [0.15, 0.2) is 0 Å². The summed E-state index contributed by atoms with van der Waals surface area (Å²) < 4.78 is 0. The van der Waals surface area contributed by atoms with Crippen molar-refractivity contribution < 1.29 is 0 Å². The second-order valence-electron chi connectivity index (χ2n) is 5.27. The van der Waals surface area contributed by atoms with E-state index in [-0.39, 0.29) is 0 Å². The van der Waals surface area contributed by atoms with Crippen LogP contribution < -0.4 is 5.32 Å². The highest BCUT2D eigenvalue weighted by atomic mass is 35.5. The molecule has 1 unspecified atom stereocenters. The SMILES string of the molecule is CN1CCCC(Nc2cc(Cl)cc3cccnc23)C1. The second kappa shape index (κ2) is 5.35. The van der Waals surface area contributed by atoms with Gasteiger partial charge >= 0.3 is 0 Å². The topological polar surface area (TPSA) is 28.2 Å². The molecule has 2 heterocycles. The largest absolute Gasteiger partial charge is 0.379 e. The number of piperidine rings is 1. The molecule has 2 aromatic rings. The number of hydrogen-bond donors (Lipinski definition) is 1. The molecule has 0 bridgehead atoms. The predicted molar refractivity (Wildman–Crippen MR) is 80.9 cm³/mol. The molecule has 1 fully saturated rings. The van der Waals surface area contributed by atoms with Crippen LogP contribution in [0.15, 0.2) is 30.5 Å². The van der Waals surface area contributed by atoms with Gasteiger partial charge in [-0.3, -0.25) is 4.98 Å². The Morgan fingerprint density at radius 2 is 2.32 bits per heavy atom. The highest BCUT2D eigenvalue weighted by Gasteiger charge is 2.18. The molecular formula is C15H18ClN3. The Morgan fingerprint density at radius 3 is 3.16 bits per heavy atom. The van der Waals surface area contributed by atoms with E-state index in [1.54, 1.807) is 0 Å². The minimum absolute atomic E-state index is 0.474. The van der Waals surface area contributed by atoms with Gasteiger partial charge in [-0.05, 0) is 44.6 Å². The fourth-order valence-corrected chi connectivity index (χ4v) is 3.00. The molecule has 100 valence electrons. The average Bonchev–Trinajstić information content (AvgIpc) is 2.38. The standard InChI is InChI=1S/C15H18ClN3/c1-19-7-3-5-13(10-19)18-14-9-12(16)8-11-4-2-6-17-15(11)14/h2,4,6,8-9,13,18H,3,5,7,10H2,1H3. The van der Waals surface area contributed by atoms with Crippen molar-refractivity contribution in [3.63, 3.8) is 0 Å². The molecule has 1 saturated heterocycles. The van der Waals surface area contributed by atoms with Gasteiger partial charge in [-0.25, -0.2) is 0 Å². The maximum Gasteiger partial charge on any atom is 0.0934 e. The Labute approximate surface area is 118 Å². The summed E-state index contributed by atoms with van der Waals surface area (Å²) in [6, 6.07) is 8.40. The third-order valence-corrected chi connectivity index (χ3v) is 3.87. The average molecular weight is 276 g/mol. The monoisotopic (exact) mass is 275 g/mol. The van der Waals surface area contributed by atoms with Gasteiger partial charge in [0, 0.05) is 29.2 Å². The van der Waals surface area contributed by atoms with Crippen molar-refractivity contribution in [1.29, 1.82) is 0 Å². The van der Waals surface area contributed by atoms with Crippen LogP contribution in [0.25, 0.3) is 10.9 Å². The van der Waals surface area contributed by atoms with Crippen molar-refractivity contribution in [3.8, 4) is 0 Å². The molecule has 0 amide bonds. The zero-order valence-corrected chi connectivity index (χ0v) is 11.8. The zero-order valence-electron chi connectivity index (χ0n) is 11.1. The fourth-order valence-electron chi connectivity index (χ4n) is 2.77. The normalized spacial score (nSPS) is 20.6. The minimum atomic E-state index is 0.474. The first-order valence-electron chi connectivity index (χ1n) is 6.72. The van der Waals surface area contributed by atoms with Crippen LogP contribution in [0.3, 0.4) is 0 Å². The number of benzene rings is 1. The number of anilines is 1. The van der Waals surface area contributed by atoms with Crippen LogP contribution >= 0.6 is 11.6 Å². The fraction of sp³-hybridized carbons (Fsp3) is 0.400. The maximum atomic E-state index is 6.19. The van der Waals surface area contributed by atoms with Crippen LogP contribution in [0, 0.1) is 0 Å². The first-order chi connectivity index (χ1) is 9.22. The number of fused-ring (bicyclic) bond motifs is 1. The van der Waals surface area contributed by atoms with Crippen LogP contribution in [0.1, 0.15) is 12.8 Å². The summed E-state index contributed by atoms with van der Waals surface area (Å²) in [5.74, 6) is 0. The number of rotatable bonds is 2. The molecule has 1 aliphatic rings. The van der Waals surface area contributed by atoms with Crippen LogP contribution in [0.5, 0.6) is 0 Å². The number of likely N-dealkylation sites (tertiary alicyclic amines) is 1. The van der Waals surface area contributed by atoms with Crippen LogP contribution in [0.4, 0.5) is 5.69 Å². The Balaban J connectivity index is 1.91. The summed E-state index contributed by atoms with van der Waals surface area (Å²) in [6.07, 6.45) is 4.26. The highest BCUT2D eigenvalue weighted by Crippen LogP contribution is 2.27. The van der Waals surface area contributed by atoms with E-state index in [1.807, 2.05) is 30.5 Å². The van der Waals surface area contributed by atoms with E-state index in [0.29, 0.717) is 6.04 Å².